The summed E-state index contributed by atoms with van der Waals surface area (Å²) < 4.78 is 5.08. The number of thiol groups is 1. The second-order valence-corrected chi connectivity index (χ2v) is 2.42. The van der Waals surface area contributed by atoms with E-state index >= 15 is 0 Å². The smallest absolute Gasteiger partial charge is 0.103 e. The Bertz CT molecular complexity index is 181. The summed E-state index contributed by atoms with van der Waals surface area (Å²) in [6.45, 7) is 1.97. The van der Waals surface area contributed by atoms with Crippen LogP contribution in [0.5, 0.6) is 0 Å². The van der Waals surface area contributed by atoms with Crippen molar-refractivity contribution >= 4 is 12.6 Å². The van der Waals surface area contributed by atoms with Gasteiger partial charge in [0.1, 0.15) is 5.76 Å². The molecule has 0 N–H and O–H groups in total. The highest BCUT2D eigenvalue weighted by atomic mass is 32.1. The average Bonchev–Trinajstić information content (AvgIpc) is 2.18. The zero-order valence-electron chi connectivity index (χ0n) is 5.42. The molecule has 0 aliphatic carbocycles. The molecule has 1 nitrogen and oxygen atoms in total. The first-order chi connectivity index (χ1) is 4.34. The molecule has 0 fully saturated rings. The summed E-state index contributed by atoms with van der Waals surface area (Å²) >= 11 is 4.11. The maximum Gasteiger partial charge on any atom is 0.103 e. The first-order valence-corrected chi connectivity index (χ1v) is 3.61. The third-order valence-corrected chi connectivity index (χ3v) is 1.57. The number of hydrogen-bond acceptors (Lipinski definition) is 2. The van der Waals surface area contributed by atoms with Gasteiger partial charge in [0.05, 0.1) is 6.26 Å². The van der Waals surface area contributed by atoms with Gasteiger partial charge in [-0.2, -0.15) is 12.6 Å². The summed E-state index contributed by atoms with van der Waals surface area (Å²) in [5.41, 5.74) is 1.27. The van der Waals surface area contributed by atoms with Crippen molar-refractivity contribution < 1.29 is 4.42 Å². The molecule has 1 rings (SSSR count). The lowest BCUT2D eigenvalue weighted by molar-refractivity contribution is 0.530. The van der Waals surface area contributed by atoms with Crippen LogP contribution in [0.3, 0.4) is 0 Å². The van der Waals surface area contributed by atoms with Gasteiger partial charge >= 0.3 is 0 Å². The van der Waals surface area contributed by atoms with Gasteiger partial charge < -0.3 is 4.42 Å². The molecule has 0 amide bonds. The largest absolute Gasteiger partial charge is 0.469 e. The van der Waals surface area contributed by atoms with Gasteiger partial charge in [0, 0.05) is 0 Å². The van der Waals surface area contributed by atoms with Gasteiger partial charge in [0.25, 0.3) is 0 Å². The standard InChI is InChI=1S/C7H10OS/c1-6-7(3-5-9)2-4-8-6/h2,4,9H,3,5H2,1H3. The van der Waals surface area contributed by atoms with Crippen LogP contribution in [0.1, 0.15) is 11.3 Å². The van der Waals surface area contributed by atoms with Gasteiger partial charge in [-0.3, -0.25) is 0 Å². The second kappa shape index (κ2) is 2.97. The molecule has 0 spiro atoms. The molecule has 0 saturated carbocycles. The van der Waals surface area contributed by atoms with Gasteiger partial charge in [-0.25, -0.2) is 0 Å². The SMILES string of the molecule is Cc1occc1CCS. The minimum Gasteiger partial charge on any atom is -0.469 e. The molecule has 0 bridgehead atoms. The summed E-state index contributed by atoms with van der Waals surface area (Å²) in [6, 6.07) is 1.99. The van der Waals surface area contributed by atoms with E-state index in [9.17, 15) is 0 Å². The van der Waals surface area contributed by atoms with Crippen LogP contribution in [0.2, 0.25) is 0 Å². The second-order valence-electron chi connectivity index (χ2n) is 1.98. The normalized spacial score (nSPS) is 10.0. The molecule has 0 atom stereocenters. The molecule has 2 heteroatoms. The van der Waals surface area contributed by atoms with Crippen LogP contribution in [0.4, 0.5) is 0 Å². The number of furan rings is 1. The number of rotatable bonds is 2. The Labute approximate surface area is 60.5 Å². The van der Waals surface area contributed by atoms with Crippen LogP contribution in [0.25, 0.3) is 0 Å². The van der Waals surface area contributed by atoms with Crippen molar-refractivity contribution in [3.05, 3.63) is 23.7 Å². The van der Waals surface area contributed by atoms with Crippen molar-refractivity contribution in [2.24, 2.45) is 0 Å². The molecule has 0 aromatic carbocycles. The molecule has 1 aromatic rings. The van der Waals surface area contributed by atoms with Gasteiger partial charge in [-0.05, 0) is 30.7 Å². The van der Waals surface area contributed by atoms with Gasteiger partial charge in [0.15, 0.2) is 0 Å². The quantitative estimate of drug-likeness (QED) is 0.624. The van der Waals surface area contributed by atoms with Crippen LogP contribution in [-0.4, -0.2) is 5.75 Å². The Morgan fingerprint density at radius 1 is 1.67 bits per heavy atom. The molecule has 0 unspecified atom stereocenters. The molecular weight excluding hydrogens is 132 g/mol. The zero-order chi connectivity index (χ0) is 6.69. The van der Waals surface area contributed by atoms with Gasteiger partial charge in [0.2, 0.25) is 0 Å². The predicted octanol–water partition coefficient (Wildman–Crippen LogP) is 2.06. The summed E-state index contributed by atoms with van der Waals surface area (Å²) in [7, 11) is 0. The van der Waals surface area contributed by atoms with Gasteiger partial charge in [-0.1, -0.05) is 0 Å². The van der Waals surface area contributed by atoms with Crippen LogP contribution in [0.15, 0.2) is 16.7 Å². The van der Waals surface area contributed by atoms with Crippen molar-refractivity contribution in [1.82, 2.24) is 0 Å². The van der Waals surface area contributed by atoms with Crippen molar-refractivity contribution in [1.29, 1.82) is 0 Å². The Balaban J connectivity index is 2.69. The van der Waals surface area contributed by atoms with E-state index in [0.29, 0.717) is 0 Å². The Kier molecular flexibility index (Phi) is 2.22. The summed E-state index contributed by atoms with van der Waals surface area (Å²) in [4.78, 5) is 0. The first kappa shape index (κ1) is 6.75. The minimum absolute atomic E-state index is 0.889. The topological polar surface area (TPSA) is 13.1 Å². The van der Waals surface area contributed by atoms with Crippen LogP contribution >= 0.6 is 12.6 Å². The Morgan fingerprint density at radius 3 is 2.89 bits per heavy atom. The number of hydrogen-bond donors (Lipinski definition) is 1. The van der Waals surface area contributed by atoms with Crippen LogP contribution in [0, 0.1) is 6.92 Å². The average molecular weight is 142 g/mol. The van der Waals surface area contributed by atoms with Crippen molar-refractivity contribution in [2.45, 2.75) is 13.3 Å². The fourth-order valence-corrected chi connectivity index (χ4v) is 1.03. The van der Waals surface area contributed by atoms with Crippen molar-refractivity contribution in [3.8, 4) is 0 Å². The summed E-state index contributed by atoms with van der Waals surface area (Å²) in [5, 5.41) is 0. The van der Waals surface area contributed by atoms with E-state index in [1.807, 2.05) is 13.0 Å². The van der Waals surface area contributed by atoms with E-state index in [-0.39, 0.29) is 0 Å². The fourth-order valence-electron chi connectivity index (χ4n) is 0.791. The lowest BCUT2D eigenvalue weighted by Crippen LogP contribution is -1.83. The van der Waals surface area contributed by atoms with E-state index in [1.165, 1.54) is 5.56 Å². The maximum absolute atomic E-state index is 5.08. The highest BCUT2D eigenvalue weighted by Gasteiger charge is 1.97. The summed E-state index contributed by atoms with van der Waals surface area (Å²) in [5.74, 6) is 1.91. The van der Waals surface area contributed by atoms with E-state index in [1.54, 1.807) is 6.26 Å². The minimum atomic E-state index is 0.889. The molecule has 0 aliphatic heterocycles. The third-order valence-electron chi connectivity index (χ3n) is 1.35. The molecule has 0 radical (unpaired) electrons. The van der Waals surface area contributed by atoms with Crippen LogP contribution in [-0.2, 0) is 6.42 Å². The highest BCUT2D eigenvalue weighted by molar-refractivity contribution is 7.80. The van der Waals surface area contributed by atoms with E-state index in [0.717, 1.165) is 17.9 Å². The molecule has 0 aliphatic rings. The zero-order valence-corrected chi connectivity index (χ0v) is 6.32. The van der Waals surface area contributed by atoms with Crippen molar-refractivity contribution in [3.63, 3.8) is 0 Å². The first-order valence-electron chi connectivity index (χ1n) is 2.98. The predicted molar refractivity (Wildman–Crippen MR) is 41.0 cm³/mol. The molecule has 50 valence electrons. The molecule has 1 aromatic heterocycles. The van der Waals surface area contributed by atoms with E-state index < -0.39 is 0 Å². The molecule has 9 heavy (non-hydrogen) atoms. The van der Waals surface area contributed by atoms with E-state index in [2.05, 4.69) is 12.6 Å². The van der Waals surface area contributed by atoms with Gasteiger partial charge in [-0.15, -0.1) is 0 Å². The Hall–Kier alpha value is -0.370. The summed E-state index contributed by atoms with van der Waals surface area (Å²) in [6.07, 6.45) is 2.72. The molecular formula is C7H10OS. The highest BCUT2D eigenvalue weighted by Crippen LogP contribution is 2.09. The molecule has 1 heterocycles. The fraction of sp³-hybridized carbons (Fsp3) is 0.429. The Morgan fingerprint density at radius 2 is 2.44 bits per heavy atom. The van der Waals surface area contributed by atoms with Crippen LogP contribution < -0.4 is 0 Å². The molecule has 0 saturated heterocycles. The van der Waals surface area contributed by atoms with Crippen molar-refractivity contribution in [2.75, 3.05) is 5.75 Å². The van der Waals surface area contributed by atoms with E-state index in [4.69, 9.17) is 4.42 Å². The maximum atomic E-state index is 5.08. The monoisotopic (exact) mass is 142 g/mol. The number of aryl methyl sites for hydroxylation is 2. The lowest BCUT2D eigenvalue weighted by atomic mass is 10.2. The lowest BCUT2D eigenvalue weighted by Gasteiger charge is -1.90. The third kappa shape index (κ3) is 1.52.